The third-order valence-electron chi connectivity index (χ3n) is 2.86. The number of anilines is 1. The van der Waals surface area contributed by atoms with Crippen molar-refractivity contribution in [3.63, 3.8) is 0 Å². The normalized spacial score (nSPS) is 10.3. The van der Waals surface area contributed by atoms with E-state index in [2.05, 4.69) is 31.3 Å². The molecule has 0 aliphatic carbocycles. The first kappa shape index (κ1) is 13.8. The van der Waals surface area contributed by atoms with Gasteiger partial charge in [0.25, 0.3) is 0 Å². The maximum atomic E-state index is 5.83. The Morgan fingerprint density at radius 2 is 1.79 bits per heavy atom. The lowest BCUT2D eigenvalue weighted by Gasteiger charge is -2.11. The summed E-state index contributed by atoms with van der Waals surface area (Å²) in [6.07, 6.45) is 0. The third kappa shape index (κ3) is 4.18. The molecule has 19 heavy (non-hydrogen) atoms. The zero-order valence-electron chi connectivity index (χ0n) is 11.2. The third-order valence-corrected chi connectivity index (χ3v) is 3.12. The first-order valence-corrected chi connectivity index (χ1v) is 6.72. The van der Waals surface area contributed by atoms with Crippen LogP contribution in [0.1, 0.15) is 11.1 Å². The number of rotatable bonds is 5. The molecule has 0 atom stereocenters. The van der Waals surface area contributed by atoms with E-state index in [1.807, 2.05) is 30.3 Å². The lowest BCUT2D eigenvalue weighted by molar-refractivity contribution is 0.330. The molecule has 0 bridgehead atoms. The van der Waals surface area contributed by atoms with E-state index in [-0.39, 0.29) is 0 Å². The Morgan fingerprint density at radius 3 is 2.47 bits per heavy atom. The van der Waals surface area contributed by atoms with Crippen molar-refractivity contribution in [1.29, 1.82) is 0 Å². The van der Waals surface area contributed by atoms with Crippen molar-refractivity contribution in [3.8, 4) is 5.75 Å². The van der Waals surface area contributed by atoms with Crippen molar-refractivity contribution >= 4 is 17.3 Å². The number of ether oxygens (including phenoxy) is 1. The molecular weight excluding hydrogens is 258 g/mol. The molecule has 0 saturated heterocycles. The zero-order valence-corrected chi connectivity index (χ0v) is 12.0. The van der Waals surface area contributed by atoms with E-state index in [1.165, 1.54) is 11.1 Å². The first-order chi connectivity index (χ1) is 9.15. The first-order valence-electron chi connectivity index (χ1n) is 6.34. The van der Waals surface area contributed by atoms with Crippen molar-refractivity contribution in [2.75, 3.05) is 18.5 Å². The van der Waals surface area contributed by atoms with Crippen LogP contribution in [0, 0.1) is 13.8 Å². The number of nitrogens with one attached hydrogen (secondary N) is 1. The second-order valence-electron chi connectivity index (χ2n) is 4.55. The molecule has 2 aromatic carbocycles. The summed E-state index contributed by atoms with van der Waals surface area (Å²) in [4.78, 5) is 0. The second kappa shape index (κ2) is 6.48. The van der Waals surface area contributed by atoms with Gasteiger partial charge in [0, 0.05) is 17.3 Å². The Balaban J connectivity index is 1.79. The summed E-state index contributed by atoms with van der Waals surface area (Å²) in [5.41, 5.74) is 3.48. The predicted octanol–water partition coefficient (Wildman–Crippen LogP) is 4.45. The minimum absolute atomic E-state index is 0.631. The van der Waals surface area contributed by atoms with Gasteiger partial charge in [0.15, 0.2) is 0 Å². The molecule has 1 N–H and O–H groups in total. The molecule has 2 rings (SSSR count). The van der Waals surface area contributed by atoms with Gasteiger partial charge in [-0.15, -0.1) is 0 Å². The van der Waals surface area contributed by atoms with Crippen LogP contribution in [0.5, 0.6) is 5.75 Å². The van der Waals surface area contributed by atoms with Gasteiger partial charge in [-0.25, -0.2) is 0 Å². The van der Waals surface area contributed by atoms with Crippen LogP contribution in [0.4, 0.5) is 5.69 Å². The standard InChI is InChI=1S/C16H18ClNO/c1-12-3-8-16(13(2)11-12)19-10-9-18-15-6-4-14(17)5-7-15/h3-8,11,18H,9-10H2,1-2H3. The SMILES string of the molecule is Cc1ccc(OCCNc2ccc(Cl)cc2)c(C)c1. The van der Waals surface area contributed by atoms with E-state index in [0.29, 0.717) is 6.61 Å². The molecule has 0 amide bonds. The number of hydrogen-bond donors (Lipinski definition) is 1. The molecule has 0 aliphatic heterocycles. The summed E-state index contributed by atoms with van der Waals surface area (Å²) in [7, 11) is 0. The Hall–Kier alpha value is -1.67. The van der Waals surface area contributed by atoms with Crippen LogP contribution >= 0.6 is 11.6 Å². The van der Waals surface area contributed by atoms with Gasteiger partial charge < -0.3 is 10.1 Å². The molecule has 0 aromatic heterocycles. The number of aryl methyl sites for hydroxylation is 2. The zero-order chi connectivity index (χ0) is 13.7. The van der Waals surface area contributed by atoms with Crippen molar-refractivity contribution in [1.82, 2.24) is 0 Å². The topological polar surface area (TPSA) is 21.3 Å². The Bertz CT molecular complexity index is 537. The van der Waals surface area contributed by atoms with E-state index in [9.17, 15) is 0 Å². The summed E-state index contributed by atoms with van der Waals surface area (Å²) in [5, 5.41) is 4.04. The maximum absolute atomic E-state index is 5.83. The Labute approximate surface area is 119 Å². The lowest BCUT2D eigenvalue weighted by Crippen LogP contribution is -2.11. The van der Waals surface area contributed by atoms with E-state index < -0.39 is 0 Å². The highest BCUT2D eigenvalue weighted by molar-refractivity contribution is 6.30. The van der Waals surface area contributed by atoms with Crippen LogP contribution < -0.4 is 10.1 Å². The largest absolute Gasteiger partial charge is 0.491 e. The highest BCUT2D eigenvalue weighted by atomic mass is 35.5. The van der Waals surface area contributed by atoms with E-state index in [0.717, 1.165) is 23.0 Å². The molecular formula is C16H18ClNO. The van der Waals surface area contributed by atoms with Gasteiger partial charge in [0.1, 0.15) is 12.4 Å². The van der Waals surface area contributed by atoms with Crippen molar-refractivity contribution in [3.05, 3.63) is 58.6 Å². The maximum Gasteiger partial charge on any atom is 0.122 e. The van der Waals surface area contributed by atoms with Gasteiger partial charge in [-0.05, 0) is 49.7 Å². The summed E-state index contributed by atoms with van der Waals surface area (Å²) in [6.45, 7) is 5.54. The molecule has 2 aromatic rings. The molecule has 100 valence electrons. The molecule has 0 radical (unpaired) electrons. The Kier molecular flexibility index (Phi) is 4.69. The minimum atomic E-state index is 0.631. The van der Waals surface area contributed by atoms with E-state index in [4.69, 9.17) is 16.3 Å². The van der Waals surface area contributed by atoms with E-state index in [1.54, 1.807) is 0 Å². The quantitative estimate of drug-likeness (QED) is 0.814. The van der Waals surface area contributed by atoms with E-state index >= 15 is 0 Å². The molecule has 0 unspecified atom stereocenters. The van der Waals surface area contributed by atoms with Crippen LogP contribution in [0.2, 0.25) is 5.02 Å². The van der Waals surface area contributed by atoms with Gasteiger partial charge in [-0.2, -0.15) is 0 Å². The van der Waals surface area contributed by atoms with Gasteiger partial charge >= 0.3 is 0 Å². The van der Waals surface area contributed by atoms with Crippen LogP contribution in [0.25, 0.3) is 0 Å². The fourth-order valence-electron chi connectivity index (χ4n) is 1.89. The molecule has 3 heteroatoms. The second-order valence-corrected chi connectivity index (χ2v) is 4.99. The fraction of sp³-hybridized carbons (Fsp3) is 0.250. The summed E-state index contributed by atoms with van der Waals surface area (Å²) >= 11 is 5.83. The van der Waals surface area contributed by atoms with Crippen molar-refractivity contribution in [2.45, 2.75) is 13.8 Å². The summed E-state index contributed by atoms with van der Waals surface area (Å²) in [5.74, 6) is 0.948. The number of halogens is 1. The number of benzene rings is 2. The predicted molar refractivity (Wildman–Crippen MR) is 81.4 cm³/mol. The smallest absolute Gasteiger partial charge is 0.122 e. The van der Waals surface area contributed by atoms with Gasteiger partial charge in [0.05, 0.1) is 0 Å². The highest BCUT2D eigenvalue weighted by Crippen LogP contribution is 2.18. The summed E-state index contributed by atoms with van der Waals surface area (Å²) < 4.78 is 5.75. The molecule has 0 saturated carbocycles. The van der Waals surface area contributed by atoms with Gasteiger partial charge in [0.2, 0.25) is 0 Å². The fourth-order valence-corrected chi connectivity index (χ4v) is 2.01. The molecule has 0 fully saturated rings. The van der Waals surface area contributed by atoms with Crippen molar-refractivity contribution in [2.24, 2.45) is 0 Å². The summed E-state index contributed by atoms with van der Waals surface area (Å²) in [6, 6.07) is 13.9. The van der Waals surface area contributed by atoms with Crippen LogP contribution in [0.3, 0.4) is 0 Å². The minimum Gasteiger partial charge on any atom is -0.491 e. The lowest BCUT2D eigenvalue weighted by atomic mass is 10.1. The molecule has 0 aliphatic rings. The average molecular weight is 276 g/mol. The van der Waals surface area contributed by atoms with Gasteiger partial charge in [-0.1, -0.05) is 29.3 Å². The molecule has 0 spiro atoms. The van der Waals surface area contributed by atoms with Crippen LogP contribution in [0.15, 0.2) is 42.5 Å². The van der Waals surface area contributed by atoms with Crippen LogP contribution in [-0.2, 0) is 0 Å². The van der Waals surface area contributed by atoms with Crippen LogP contribution in [-0.4, -0.2) is 13.2 Å². The average Bonchev–Trinajstić information content (AvgIpc) is 2.39. The van der Waals surface area contributed by atoms with Gasteiger partial charge in [-0.3, -0.25) is 0 Å². The monoisotopic (exact) mass is 275 g/mol. The highest BCUT2D eigenvalue weighted by Gasteiger charge is 1.99. The number of hydrogen-bond acceptors (Lipinski definition) is 2. The molecule has 0 heterocycles. The van der Waals surface area contributed by atoms with Crippen molar-refractivity contribution < 1.29 is 4.74 Å². The molecule has 2 nitrogen and oxygen atoms in total. The Morgan fingerprint density at radius 1 is 1.05 bits per heavy atom.